The first-order valence-electron chi connectivity index (χ1n) is 4.86. The SMILES string of the molecule is C1=Cc2ccccc2ON1.c1ccnnc1. The molecule has 0 unspecified atom stereocenters. The summed E-state index contributed by atoms with van der Waals surface area (Å²) in [5.41, 5.74) is 3.77. The smallest absolute Gasteiger partial charge is 0.162 e. The van der Waals surface area contributed by atoms with Crippen LogP contribution in [0.3, 0.4) is 0 Å². The van der Waals surface area contributed by atoms with Crippen LogP contribution in [-0.2, 0) is 0 Å². The van der Waals surface area contributed by atoms with Crippen LogP contribution in [0, 0.1) is 0 Å². The Hall–Kier alpha value is -2.36. The largest absolute Gasteiger partial charge is 0.382 e. The van der Waals surface area contributed by atoms with Crippen molar-refractivity contribution in [1.82, 2.24) is 15.7 Å². The van der Waals surface area contributed by atoms with Gasteiger partial charge in [0.2, 0.25) is 0 Å². The molecule has 2 aromatic rings. The highest BCUT2D eigenvalue weighted by molar-refractivity contribution is 5.57. The first-order chi connectivity index (χ1) is 7.97. The molecule has 1 aromatic carbocycles. The van der Waals surface area contributed by atoms with Crippen LogP contribution < -0.4 is 10.3 Å². The minimum Gasteiger partial charge on any atom is -0.382 e. The summed E-state index contributed by atoms with van der Waals surface area (Å²) in [5, 5.41) is 7.07. The van der Waals surface area contributed by atoms with E-state index in [2.05, 4.69) is 15.7 Å². The Bertz CT molecular complexity index is 430. The maximum absolute atomic E-state index is 5.09. The van der Waals surface area contributed by atoms with Crippen molar-refractivity contribution < 1.29 is 4.84 Å². The second-order valence-corrected chi connectivity index (χ2v) is 3.01. The molecule has 1 aliphatic heterocycles. The highest BCUT2D eigenvalue weighted by Gasteiger charge is 2.01. The van der Waals surface area contributed by atoms with Crippen LogP contribution in [0.2, 0.25) is 0 Å². The highest BCUT2D eigenvalue weighted by atomic mass is 16.6. The lowest BCUT2D eigenvalue weighted by Crippen LogP contribution is -2.13. The Morgan fingerprint density at radius 2 is 1.69 bits per heavy atom. The van der Waals surface area contributed by atoms with Gasteiger partial charge in [0, 0.05) is 24.2 Å². The molecule has 1 aliphatic rings. The summed E-state index contributed by atoms with van der Waals surface area (Å²) in [4.78, 5) is 5.09. The number of nitrogens with one attached hydrogen (secondary N) is 1. The summed E-state index contributed by atoms with van der Waals surface area (Å²) in [5.74, 6) is 0.880. The molecule has 80 valence electrons. The predicted molar refractivity (Wildman–Crippen MR) is 61.3 cm³/mol. The van der Waals surface area contributed by atoms with Gasteiger partial charge in [-0.2, -0.15) is 10.2 Å². The van der Waals surface area contributed by atoms with Gasteiger partial charge < -0.3 is 4.84 Å². The third-order valence-corrected chi connectivity index (χ3v) is 1.90. The molecule has 0 fully saturated rings. The Labute approximate surface area is 93.6 Å². The van der Waals surface area contributed by atoms with Gasteiger partial charge >= 0.3 is 0 Å². The third-order valence-electron chi connectivity index (χ3n) is 1.90. The zero-order valence-electron chi connectivity index (χ0n) is 8.58. The molecule has 4 heteroatoms. The molecular formula is C12H11N3O. The van der Waals surface area contributed by atoms with Crippen LogP contribution in [-0.4, -0.2) is 10.2 Å². The molecule has 3 rings (SSSR count). The normalized spacial score (nSPS) is 11.2. The van der Waals surface area contributed by atoms with E-state index in [0.717, 1.165) is 11.3 Å². The molecule has 0 bridgehead atoms. The fraction of sp³-hybridized carbons (Fsp3) is 0. The van der Waals surface area contributed by atoms with E-state index in [9.17, 15) is 0 Å². The van der Waals surface area contributed by atoms with Crippen molar-refractivity contribution in [3.05, 3.63) is 60.6 Å². The van der Waals surface area contributed by atoms with Crippen molar-refractivity contribution in [3.63, 3.8) is 0 Å². The van der Waals surface area contributed by atoms with Crippen LogP contribution in [0.5, 0.6) is 5.75 Å². The molecule has 4 nitrogen and oxygen atoms in total. The molecule has 0 spiro atoms. The summed E-state index contributed by atoms with van der Waals surface area (Å²) in [6, 6.07) is 11.5. The summed E-state index contributed by atoms with van der Waals surface area (Å²) in [6.45, 7) is 0. The maximum Gasteiger partial charge on any atom is 0.162 e. The molecule has 0 aliphatic carbocycles. The topological polar surface area (TPSA) is 47.0 Å². The number of hydrogen-bond acceptors (Lipinski definition) is 4. The minimum absolute atomic E-state index is 0.880. The quantitative estimate of drug-likeness (QED) is 0.727. The molecule has 0 atom stereocenters. The fourth-order valence-electron chi connectivity index (χ4n) is 1.19. The predicted octanol–water partition coefficient (Wildman–Crippen LogP) is 2.03. The number of rotatable bonds is 0. The second kappa shape index (κ2) is 5.50. The van der Waals surface area contributed by atoms with Crippen LogP contribution in [0.4, 0.5) is 0 Å². The Kier molecular flexibility index (Phi) is 3.50. The number of hydrogen-bond donors (Lipinski definition) is 1. The van der Waals surface area contributed by atoms with E-state index in [4.69, 9.17) is 4.84 Å². The van der Waals surface area contributed by atoms with E-state index in [1.54, 1.807) is 18.6 Å². The maximum atomic E-state index is 5.09. The Morgan fingerprint density at radius 3 is 2.31 bits per heavy atom. The lowest BCUT2D eigenvalue weighted by molar-refractivity contribution is 0.239. The average molecular weight is 213 g/mol. The fourth-order valence-corrected chi connectivity index (χ4v) is 1.19. The van der Waals surface area contributed by atoms with Crippen molar-refractivity contribution in [2.75, 3.05) is 0 Å². The van der Waals surface area contributed by atoms with Crippen LogP contribution >= 0.6 is 0 Å². The number of nitrogens with zero attached hydrogens (tertiary/aromatic N) is 2. The van der Waals surface area contributed by atoms with Gasteiger partial charge in [-0.05, 0) is 24.3 Å². The van der Waals surface area contributed by atoms with Gasteiger partial charge in [0.05, 0.1) is 0 Å². The van der Waals surface area contributed by atoms with E-state index in [1.807, 2.05) is 42.5 Å². The number of benzene rings is 1. The second-order valence-electron chi connectivity index (χ2n) is 3.01. The lowest BCUT2D eigenvalue weighted by Gasteiger charge is -2.11. The zero-order valence-corrected chi connectivity index (χ0v) is 8.58. The molecule has 0 saturated carbocycles. The van der Waals surface area contributed by atoms with Gasteiger partial charge in [-0.15, -0.1) is 0 Å². The number of aromatic nitrogens is 2. The molecule has 1 aromatic heterocycles. The van der Waals surface area contributed by atoms with Crippen LogP contribution in [0.25, 0.3) is 6.08 Å². The molecular weight excluding hydrogens is 202 g/mol. The van der Waals surface area contributed by atoms with Crippen molar-refractivity contribution >= 4 is 6.08 Å². The Balaban J connectivity index is 0.000000138. The number of para-hydroxylation sites is 1. The van der Waals surface area contributed by atoms with Crippen molar-refractivity contribution in [2.24, 2.45) is 0 Å². The zero-order chi connectivity index (χ0) is 11.1. The number of fused-ring (bicyclic) bond motifs is 1. The monoisotopic (exact) mass is 213 g/mol. The van der Waals surface area contributed by atoms with Crippen LogP contribution in [0.1, 0.15) is 5.56 Å². The number of hydroxylamine groups is 1. The van der Waals surface area contributed by atoms with Gasteiger partial charge in [0.15, 0.2) is 5.75 Å². The third kappa shape index (κ3) is 2.81. The summed E-state index contributed by atoms with van der Waals surface area (Å²) in [6.07, 6.45) is 7.02. The molecule has 16 heavy (non-hydrogen) atoms. The highest BCUT2D eigenvalue weighted by Crippen LogP contribution is 2.20. The Morgan fingerprint density at radius 1 is 0.938 bits per heavy atom. The molecule has 2 heterocycles. The van der Waals surface area contributed by atoms with Crippen molar-refractivity contribution in [2.45, 2.75) is 0 Å². The molecule has 0 amide bonds. The van der Waals surface area contributed by atoms with Crippen molar-refractivity contribution in [3.8, 4) is 5.75 Å². The van der Waals surface area contributed by atoms with E-state index in [0.29, 0.717) is 0 Å². The minimum atomic E-state index is 0.880. The molecule has 0 saturated heterocycles. The van der Waals surface area contributed by atoms with Crippen molar-refractivity contribution in [1.29, 1.82) is 0 Å². The van der Waals surface area contributed by atoms with E-state index >= 15 is 0 Å². The average Bonchev–Trinajstić information content (AvgIpc) is 2.42. The lowest BCUT2D eigenvalue weighted by atomic mass is 10.2. The van der Waals surface area contributed by atoms with Crippen LogP contribution in [0.15, 0.2) is 55.0 Å². The first-order valence-corrected chi connectivity index (χ1v) is 4.86. The first kappa shape index (κ1) is 10.2. The van der Waals surface area contributed by atoms with Gasteiger partial charge in [0.25, 0.3) is 0 Å². The van der Waals surface area contributed by atoms with Gasteiger partial charge in [-0.25, -0.2) is 5.48 Å². The summed E-state index contributed by atoms with van der Waals surface area (Å²) < 4.78 is 0. The summed E-state index contributed by atoms with van der Waals surface area (Å²) in [7, 11) is 0. The van der Waals surface area contributed by atoms with Gasteiger partial charge in [0.1, 0.15) is 0 Å². The van der Waals surface area contributed by atoms with Gasteiger partial charge in [-0.3, -0.25) is 0 Å². The van der Waals surface area contributed by atoms with E-state index in [-0.39, 0.29) is 0 Å². The standard InChI is InChI=1S/C8H7NO.C4H4N2/c1-2-4-8-7(3-1)5-6-9-10-8;1-2-4-6-5-3-1/h1-6,9H;1-4H. The van der Waals surface area contributed by atoms with E-state index in [1.165, 1.54) is 0 Å². The summed E-state index contributed by atoms with van der Waals surface area (Å²) >= 11 is 0. The van der Waals surface area contributed by atoms with E-state index < -0.39 is 0 Å². The molecule has 1 N–H and O–H groups in total. The molecule has 0 radical (unpaired) electrons. The van der Waals surface area contributed by atoms with Gasteiger partial charge in [-0.1, -0.05) is 18.2 Å².